The highest BCUT2D eigenvalue weighted by atomic mass is 32.1. The Morgan fingerprint density at radius 2 is 2.33 bits per heavy atom. The molecule has 0 aromatic carbocycles. The maximum Gasteiger partial charge on any atom is 0.241 e. The van der Waals surface area contributed by atoms with Crippen molar-refractivity contribution >= 4 is 22.4 Å². The van der Waals surface area contributed by atoms with Gasteiger partial charge in [-0.05, 0) is 12.8 Å². The predicted molar refractivity (Wildman–Crippen MR) is 71.8 cm³/mol. The molecule has 2 fully saturated rings. The zero-order valence-electron chi connectivity index (χ0n) is 10.6. The smallest absolute Gasteiger partial charge is 0.241 e. The van der Waals surface area contributed by atoms with Crippen molar-refractivity contribution < 1.29 is 4.79 Å². The lowest BCUT2D eigenvalue weighted by Gasteiger charge is -2.31. The van der Waals surface area contributed by atoms with Crippen LogP contribution in [0, 0.1) is 0 Å². The van der Waals surface area contributed by atoms with Crippen LogP contribution in [0.4, 0.5) is 5.13 Å². The molecule has 3 rings (SSSR count). The molecule has 0 unspecified atom stereocenters. The third kappa shape index (κ3) is 2.64. The maximum absolute atomic E-state index is 11.7. The number of likely N-dealkylation sites (N-methyl/N-ethyl adjacent to an activating group) is 1. The van der Waals surface area contributed by atoms with Gasteiger partial charge < -0.3 is 15.1 Å². The summed E-state index contributed by atoms with van der Waals surface area (Å²) in [5.41, 5.74) is 0. The molecule has 98 valence electrons. The monoisotopic (exact) mass is 266 g/mol. The van der Waals surface area contributed by atoms with Crippen LogP contribution in [0.1, 0.15) is 17.7 Å². The van der Waals surface area contributed by atoms with Crippen molar-refractivity contribution in [3.63, 3.8) is 0 Å². The molecule has 0 spiro atoms. The number of hydrogen-bond acceptors (Lipinski definition) is 5. The van der Waals surface area contributed by atoms with Gasteiger partial charge in [0.25, 0.3) is 0 Å². The Kier molecular flexibility index (Phi) is 3.22. The molecule has 5 nitrogen and oxygen atoms in total. The largest absolute Gasteiger partial charge is 0.342 e. The summed E-state index contributed by atoms with van der Waals surface area (Å²) in [6.45, 7) is 3.03. The van der Waals surface area contributed by atoms with Gasteiger partial charge in [0.2, 0.25) is 5.91 Å². The fraction of sp³-hybridized carbons (Fsp3) is 0.667. The van der Waals surface area contributed by atoms with Crippen LogP contribution in [0.25, 0.3) is 0 Å². The predicted octanol–water partition coefficient (Wildman–Crippen LogP) is 0.673. The van der Waals surface area contributed by atoms with Crippen LogP contribution in [-0.4, -0.2) is 48.5 Å². The van der Waals surface area contributed by atoms with Crippen LogP contribution in [0.5, 0.6) is 0 Å². The molecule has 1 saturated carbocycles. The number of amides is 1. The summed E-state index contributed by atoms with van der Waals surface area (Å²) in [5.74, 6) is 0.175. The molecule has 6 heteroatoms. The first-order valence-corrected chi connectivity index (χ1v) is 7.21. The SMILES string of the molecule is CN1CCN(c2ncc(CNC3CC3)s2)CC1=O. The van der Waals surface area contributed by atoms with Gasteiger partial charge in [0, 0.05) is 43.8 Å². The average Bonchev–Trinajstić information content (AvgIpc) is 3.08. The van der Waals surface area contributed by atoms with Gasteiger partial charge in [0.05, 0.1) is 6.54 Å². The molecule has 1 aromatic rings. The first-order valence-electron chi connectivity index (χ1n) is 6.39. The van der Waals surface area contributed by atoms with Crippen molar-refractivity contribution in [1.82, 2.24) is 15.2 Å². The number of aromatic nitrogens is 1. The number of nitrogens with one attached hydrogen (secondary N) is 1. The van der Waals surface area contributed by atoms with E-state index < -0.39 is 0 Å². The number of carbonyl (C=O) groups is 1. The van der Waals surface area contributed by atoms with E-state index >= 15 is 0 Å². The van der Waals surface area contributed by atoms with Crippen LogP contribution >= 0.6 is 11.3 Å². The zero-order chi connectivity index (χ0) is 12.5. The van der Waals surface area contributed by atoms with E-state index in [0.717, 1.165) is 30.8 Å². The van der Waals surface area contributed by atoms with E-state index in [-0.39, 0.29) is 5.91 Å². The third-order valence-corrected chi connectivity index (χ3v) is 4.47. The van der Waals surface area contributed by atoms with Crippen molar-refractivity contribution in [3.8, 4) is 0 Å². The lowest BCUT2D eigenvalue weighted by molar-refractivity contribution is -0.129. The highest BCUT2D eigenvalue weighted by Crippen LogP contribution is 2.25. The van der Waals surface area contributed by atoms with Gasteiger partial charge in [0.15, 0.2) is 5.13 Å². The molecule has 2 heterocycles. The summed E-state index contributed by atoms with van der Waals surface area (Å²) in [6.07, 6.45) is 4.54. The van der Waals surface area contributed by atoms with Gasteiger partial charge in [0.1, 0.15) is 0 Å². The summed E-state index contributed by atoms with van der Waals surface area (Å²) < 4.78 is 0. The van der Waals surface area contributed by atoms with E-state index in [9.17, 15) is 4.79 Å². The number of rotatable bonds is 4. The van der Waals surface area contributed by atoms with Crippen LogP contribution in [-0.2, 0) is 11.3 Å². The van der Waals surface area contributed by atoms with Crippen molar-refractivity contribution in [2.45, 2.75) is 25.4 Å². The van der Waals surface area contributed by atoms with E-state index in [4.69, 9.17) is 0 Å². The van der Waals surface area contributed by atoms with E-state index in [1.165, 1.54) is 17.7 Å². The van der Waals surface area contributed by atoms with Crippen LogP contribution in [0.15, 0.2) is 6.20 Å². The molecule has 0 atom stereocenters. The lowest BCUT2D eigenvalue weighted by Crippen LogP contribution is -2.48. The number of anilines is 1. The standard InChI is InChI=1S/C12H18N4OS/c1-15-4-5-16(8-11(15)17)12-14-7-10(18-12)6-13-9-2-3-9/h7,9,13H,2-6,8H2,1H3. The Bertz CT molecular complexity index is 443. The van der Waals surface area contributed by atoms with Gasteiger partial charge in [-0.1, -0.05) is 0 Å². The molecular formula is C12H18N4OS. The average molecular weight is 266 g/mol. The quantitative estimate of drug-likeness (QED) is 0.870. The molecule has 2 aliphatic rings. The third-order valence-electron chi connectivity index (χ3n) is 3.41. The molecule has 18 heavy (non-hydrogen) atoms. The fourth-order valence-electron chi connectivity index (χ4n) is 1.98. The van der Waals surface area contributed by atoms with E-state index in [2.05, 4.69) is 15.2 Å². The van der Waals surface area contributed by atoms with Gasteiger partial charge >= 0.3 is 0 Å². The van der Waals surface area contributed by atoms with Crippen molar-refractivity contribution in [3.05, 3.63) is 11.1 Å². The summed E-state index contributed by atoms with van der Waals surface area (Å²) in [5, 5.41) is 4.46. The second kappa shape index (κ2) is 4.85. The number of nitrogens with zero attached hydrogens (tertiary/aromatic N) is 3. The number of thiazole rings is 1. The minimum atomic E-state index is 0.175. The summed E-state index contributed by atoms with van der Waals surface area (Å²) in [6, 6.07) is 0.723. The second-order valence-corrected chi connectivity index (χ2v) is 6.09. The van der Waals surface area contributed by atoms with Crippen molar-refractivity contribution in [2.24, 2.45) is 0 Å². The van der Waals surface area contributed by atoms with Crippen LogP contribution in [0.2, 0.25) is 0 Å². The Morgan fingerprint density at radius 3 is 3.06 bits per heavy atom. The molecule has 1 N–H and O–H groups in total. The summed E-state index contributed by atoms with van der Waals surface area (Å²) in [4.78, 5) is 21.2. The van der Waals surface area contributed by atoms with Gasteiger partial charge in [-0.25, -0.2) is 4.98 Å². The Balaban J connectivity index is 1.59. The minimum Gasteiger partial charge on any atom is -0.342 e. The normalized spacial score (nSPS) is 20.6. The Morgan fingerprint density at radius 1 is 1.50 bits per heavy atom. The Hall–Kier alpha value is -1.14. The highest BCUT2D eigenvalue weighted by molar-refractivity contribution is 7.15. The van der Waals surface area contributed by atoms with Crippen LogP contribution in [0.3, 0.4) is 0 Å². The summed E-state index contributed by atoms with van der Waals surface area (Å²) in [7, 11) is 1.85. The molecule has 0 bridgehead atoms. The van der Waals surface area contributed by atoms with Gasteiger partial charge in [-0.15, -0.1) is 11.3 Å². The minimum absolute atomic E-state index is 0.175. The fourth-order valence-corrected chi connectivity index (χ4v) is 2.86. The van der Waals surface area contributed by atoms with Gasteiger partial charge in [-0.3, -0.25) is 4.79 Å². The summed E-state index contributed by atoms with van der Waals surface area (Å²) >= 11 is 1.69. The first kappa shape index (κ1) is 11.9. The number of hydrogen-bond donors (Lipinski definition) is 1. The van der Waals surface area contributed by atoms with Crippen molar-refractivity contribution in [2.75, 3.05) is 31.6 Å². The Labute approximate surface area is 111 Å². The molecule has 1 aliphatic carbocycles. The second-order valence-electron chi connectivity index (χ2n) is 5.00. The number of piperazine rings is 1. The van der Waals surface area contributed by atoms with E-state index in [1.54, 1.807) is 16.2 Å². The molecule has 1 aliphatic heterocycles. The topological polar surface area (TPSA) is 48.5 Å². The first-order chi connectivity index (χ1) is 8.72. The lowest BCUT2D eigenvalue weighted by atomic mass is 10.3. The van der Waals surface area contributed by atoms with E-state index in [1.807, 2.05) is 13.2 Å². The zero-order valence-corrected chi connectivity index (χ0v) is 11.4. The van der Waals surface area contributed by atoms with Crippen molar-refractivity contribution in [1.29, 1.82) is 0 Å². The molecule has 0 radical (unpaired) electrons. The molecule has 1 amide bonds. The maximum atomic E-state index is 11.7. The molecule has 1 saturated heterocycles. The van der Waals surface area contributed by atoms with Gasteiger partial charge in [-0.2, -0.15) is 0 Å². The van der Waals surface area contributed by atoms with Crippen LogP contribution < -0.4 is 10.2 Å². The highest BCUT2D eigenvalue weighted by Gasteiger charge is 2.24. The number of carbonyl (C=O) groups excluding carboxylic acids is 1. The molecule has 1 aromatic heterocycles. The van der Waals surface area contributed by atoms with E-state index in [0.29, 0.717) is 6.54 Å². The molecular weight excluding hydrogens is 248 g/mol.